The molecule has 0 aliphatic carbocycles. The largest absolute Gasteiger partial charge is 0.343 e. The monoisotopic (exact) mass is 326 g/mol. The summed E-state index contributed by atoms with van der Waals surface area (Å²) in [5.41, 5.74) is 1.66. The van der Waals surface area contributed by atoms with E-state index in [9.17, 15) is 4.79 Å². The average molecular weight is 327 g/mol. The summed E-state index contributed by atoms with van der Waals surface area (Å²) in [6.45, 7) is 6.89. The number of hydrogen-bond donors (Lipinski definition) is 1. The smallest absolute Gasteiger partial charge is 0.224 e. The van der Waals surface area contributed by atoms with Gasteiger partial charge in [-0.3, -0.25) is 9.48 Å². The van der Waals surface area contributed by atoms with Crippen LogP contribution >= 0.6 is 12.4 Å². The Morgan fingerprint density at radius 2 is 1.95 bits per heavy atom. The number of rotatable bonds is 3. The Labute approximate surface area is 138 Å². The first-order valence-corrected chi connectivity index (χ1v) is 8.15. The lowest BCUT2D eigenvalue weighted by atomic mass is 9.71. The van der Waals surface area contributed by atoms with Gasteiger partial charge >= 0.3 is 0 Å². The van der Waals surface area contributed by atoms with Crippen molar-refractivity contribution in [2.75, 3.05) is 26.2 Å². The first-order chi connectivity index (χ1) is 10.2. The van der Waals surface area contributed by atoms with Gasteiger partial charge in [0.05, 0.1) is 6.20 Å². The zero-order valence-corrected chi connectivity index (χ0v) is 14.2. The minimum atomic E-state index is 0. The standard InChI is InChI=1S/C16H26N4O.ClH/c1-14-12-18-20(13-14)9-2-15(21)19-10-5-16(6-11-19)3-7-17-8-4-16;/h12-13,17H,2-11H2,1H3;1H. The van der Waals surface area contributed by atoms with E-state index in [1.807, 2.05) is 24.0 Å². The topological polar surface area (TPSA) is 50.2 Å². The van der Waals surface area contributed by atoms with Gasteiger partial charge in [-0.05, 0) is 56.7 Å². The summed E-state index contributed by atoms with van der Waals surface area (Å²) < 4.78 is 1.87. The third kappa shape index (κ3) is 4.02. The van der Waals surface area contributed by atoms with Crippen LogP contribution in [-0.2, 0) is 11.3 Å². The molecule has 1 N–H and O–H groups in total. The van der Waals surface area contributed by atoms with Crippen LogP contribution in [0.2, 0.25) is 0 Å². The van der Waals surface area contributed by atoms with Crippen LogP contribution in [0.4, 0.5) is 0 Å². The normalized spacial score (nSPS) is 20.7. The number of nitrogens with zero attached hydrogens (tertiary/aromatic N) is 3. The number of halogens is 1. The predicted molar refractivity (Wildman–Crippen MR) is 89.2 cm³/mol. The van der Waals surface area contributed by atoms with Gasteiger partial charge in [0, 0.05) is 32.3 Å². The fourth-order valence-electron chi connectivity index (χ4n) is 3.65. The quantitative estimate of drug-likeness (QED) is 0.924. The number of aryl methyl sites for hydroxylation is 2. The van der Waals surface area contributed by atoms with Crippen molar-refractivity contribution in [1.29, 1.82) is 0 Å². The molecule has 2 fully saturated rings. The zero-order chi connectivity index (χ0) is 14.7. The Balaban J connectivity index is 0.00000176. The zero-order valence-electron chi connectivity index (χ0n) is 13.4. The Kier molecular flexibility index (Phi) is 5.87. The molecular formula is C16H27ClN4O. The highest BCUT2D eigenvalue weighted by Gasteiger charge is 2.36. The lowest BCUT2D eigenvalue weighted by Gasteiger charge is -2.44. The van der Waals surface area contributed by atoms with Crippen molar-refractivity contribution in [2.45, 2.75) is 45.6 Å². The predicted octanol–water partition coefficient (Wildman–Crippen LogP) is 2.00. The number of hydrogen-bond acceptors (Lipinski definition) is 3. The average Bonchev–Trinajstić information content (AvgIpc) is 2.92. The van der Waals surface area contributed by atoms with Gasteiger partial charge < -0.3 is 10.2 Å². The molecule has 3 rings (SSSR count). The molecule has 0 aromatic carbocycles. The van der Waals surface area contributed by atoms with Crippen molar-refractivity contribution in [3.8, 4) is 0 Å². The minimum Gasteiger partial charge on any atom is -0.343 e. The van der Waals surface area contributed by atoms with Crippen molar-refractivity contribution in [3.63, 3.8) is 0 Å². The van der Waals surface area contributed by atoms with E-state index in [-0.39, 0.29) is 18.3 Å². The van der Waals surface area contributed by atoms with E-state index >= 15 is 0 Å². The molecule has 0 atom stereocenters. The molecular weight excluding hydrogens is 300 g/mol. The molecule has 0 radical (unpaired) electrons. The van der Waals surface area contributed by atoms with Crippen LogP contribution in [0, 0.1) is 12.3 Å². The van der Waals surface area contributed by atoms with Gasteiger partial charge in [0.25, 0.3) is 0 Å². The molecule has 6 heteroatoms. The van der Waals surface area contributed by atoms with Gasteiger partial charge in [0.2, 0.25) is 5.91 Å². The second-order valence-electron chi connectivity index (χ2n) is 6.66. The molecule has 1 aromatic rings. The molecule has 0 bridgehead atoms. The van der Waals surface area contributed by atoms with Crippen molar-refractivity contribution in [3.05, 3.63) is 18.0 Å². The second kappa shape index (κ2) is 7.47. The summed E-state index contributed by atoms with van der Waals surface area (Å²) in [6, 6.07) is 0. The van der Waals surface area contributed by atoms with Gasteiger partial charge in [-0.25, -0.2) is 0 Å². The van der Waals surface area contributed by atoms with Crippen LogP contribution in [0.1, 0.15) is 37.7 Å². The number of carbonyl (C=O) groups excluding carboxylic acids is 1. The SMILES string of the molecule is Cc1cnn(CCC(=O)N2CCC3(CCNCC3)CC2)c1.Cl. The summed E-state index contributed by atoms with van der Waals surface area (Å²) >= 11 is 0. The second-order valence-corrected chi connectivity index (χ2v) is 6.66. The summed E-state index contributed by atoms with van der Waals surface area (Å²) in [4.78, 5) is 14.4. The molecule has 2 saturated heterocycles. The highest BCUT2D eigenvalue weighted by atomic mass is 35.5. The summed E-state index contributed by atoms with van der Waals surface area (Å²) in [7, 11) is 0. The molecule has 1 amide bonds. The lowest BCUT2D eigenvalue weighted by Crippen LogP contribution is -2.47. The Morgan fingerprint density at radius 1 is 1.27 bits per heavy atom. The molecule has 3 heterocycles. The number of nitrogens with one attached hydrogen (secondary N) is 1. The Hall–Kier alpha value is -1.07. The van der Waals surface area contributed by atoms with Crippen LogP contribution < -0.4 is 5.32 Å². The van der Waals surface area contributed by atoms with Crippen molar-refractivity contribution < 1.29 is 4.79 Å². The number of carbonyl (C=O) groups is 1. The van der Waals surface area contributed by atoms with Gasteiger partial charge in [-0.15, -0.1) is 12.4 Å². The van der Waals surface area contributed by atoms with Crippen LogP contribution in [-0.4, -0.2) is 46.8 Å². The molecule has 1 spiro atoms. The Morgan fingerprint density at radius 3 is 2.55 bits per heavy atom. The molecule has 1 aromatic heterocycles. The summed E-state index contributed by atoms with van der Waals surface area (Å²) in [5.74, 6) is 0.284. The molecule has 2 aliphatic heterocycles. The highest BCUT2D eigenvalue weighted by Crippen LogP contribution is 2.39. The maximum atomic E-state index is 12.3. The number of piperidine rings is 2. The van der Waals surface area contributed by atoms with E-state index in [0.29, 0.717) is 18.4 Å². The Bertz CT molecular complexity index is 486. The first-order valence-electron chi connectivity index (χ1n) is 8.15. The van der Waals surface area contributed by atoms with E-state index in [0.717, 1.165) is 31.7 Å². The number of likely N-dealkylation sites (tertiary alicyclic amines) is 1. The molecule has 22 heavy (non-hydrogen) atoms. The van der Waals surface area contributed by atoms with E-state index in [1.165, 1.54) is 25.7 Å². The van der Waals surface area contributed by atoms with E-state index in [1.54, 1.807) is 0 Å². The third-order valence-electron chi connectivity index (χ3n) is 5.16. The van der Waals surface area contributed by atoms with Gasteiger partial charge in [0.15, 0.2) is 0 Å². The maximum absolute atomic E-state index is 12.3. The fourth-order valence-corrected chi connectivity index (χ4v) is 3.65. The summed E-state index contributed by atoms with van der Waals surface area (Å²) in [6.07, 6.45) is 9.32. The van der Waals surface area contributed by atoms with E-state index in [4.69, 9.17) is 0 Å². The molecule has 0 unspecified atom stereocenters. The third-order valence-corrected chi connectivity index (χ3v) is 5.16. The molecule has 5 nitrogen and oxygen atoms in total. The van der Waals surface area contributed by atoms with Crippen molar-refractivity contribution >= 4 is 18.3 Å². The highest BCUT2D eigenvalue weighted by molar-refractivity contribution is 5.85. The molecule has 2 aliphatic rings. The van der Waals surface area contributed by atoms with E-state index < -0.39 is 0 Å². The van der Waals surface area contributed by atoms with Crippen LogP contribution in [0.5, 0.6) is 0 Å². The maximum Gasteiger partial charge on any atom is 0.224 e. The van der Waals surface area contributed by atoms with Gasteiger partial charge in [-0.2, -0.15) is 5.10 Å². The van der Waals surface area contributed by atoms with Crippen LogP contribution in [0.3, 0.4) is 0 Å². The fraction of sp³-hybridized carbons (Fsp3) is 0.750. The first kappa shape index (κ1) is 17.3. The number of amides is 1. The summed E-state index contributed by atoms with van der Waals surface area (Å²) in [5, 5.41) is 7.68. The van der Waals surface area contributed by atoms with E-state index in [2.05, 4.69) is 15.3 Å². The van der Waals surface area contributed by atoms with Crippen molar-refractivity contribution in [1.82, 2.24) is 20.0 Å². The van der Waals surface area contributed by atoms with Gasteiger partial charge in [0.1, 0.15) is 0 Å². The van der Waals surface area contributed by atoms with Crippen molar-refractivity contribution in [2.24, 2.45) is 5.41 Å². The van der Waals surface area contributed by atoms with Gasteiger partial charge in [-0.1, -0.05) is 0 Å². The minimum absolute atomic E-state index is 0. The molecule has 124 valence electrons. The van der Waals surface area contributed by atoms with Crippen LogP contribution in [0.25, 0.3) is 0 Å². The lowest BCUT2D eigenvalue weighted by molar-refractivity contribution is -0.134. The molecule has 0 saturated carbocycles. The number of aromatic nitrogens is 2. The van der Waals surface area contributed by atoms with Crippen LogP contribution in [0.15, 0.2) is 12.4 Å².